The molecule has 6 aromatic rings. The number of nitrogens with one attached hydrogen (secondary N) is 3. The zero-order valence-electron chi connectivity index (χ0n) is 63.4. The number of hydrogen-bond acceptors (Lipinski definition) is 25. The van der Waals surface area contributed by atoms with Crippen LogP contribution in [0.15, 0.2) is 149 Å². The number of hydrogen-bond donors (Lipinski definition) is 9. The van der Waals surface area contributed by atoms with Gasteiger partial charge < -0.3 is 74.4 Å². The summed E-state index contributed by atoms with van der Waals surface area (Å²) in [6.07, 6.45) is 7.43. The maximum absolute atomic E-state index is 13.4. The number of ether oxygens (including phenoxy) is 5. The van der Waals surface area contributed by atoms with Gasteiger partial charge in [-0.3, -0.25) is 28.3 Å². The first-order chi connectivity index (χ1) is 54.5. The molecule has 1 saturated heterocycles. The van der Waals surface area contributed by atoms with Crippen LogP contribution in [0.4, 0.5) is 22.9 Å². The van der Waals surface area contributed by atoms with Gasteiger partial charge in [0.15, 0.2) is 11.9 Å². The standard InChI is InChI=1S/C72H88N15O22P3S3/c1-70(2)53-24-12-13-25-56(53)87(50-21-9-7-10-22-50)60(70)27-16-26-59-71(3,4)54-40-52(115(99,100)101)30-31-55(54)85(59)35-14-8-11-29-62(89)77-34-38-113-114-72(5,6)61(88)28-18-33-78-69(91)48-19-15-23-51(39-48)104-45-64(82-84-75)103-37-36-102-44-63(90)76-32-17-20-49-42-86(68-66(49)67(73)79-46-80-68)65-41-57(105-47-81-83-74)58(107-65)43-106-111(95,96)109-112(97,98)108-110(92,93)94/h7,9-10,12-13,15-16,19,21-27,30-31,39-40,42,46,57-58,64-65H,8,11,14,18,28-29,32-38,41,43-45,47H2,1-6H3,(H9-,73,76,77,78,79,80,89,90,91,92,93,94,95,96,97,98,99,100,101)/p+1. The molecule has 0 saturated carbocycles. The number of nitrogens with two attached hydrogens (primary N) is 1. The van der Waals surface area contributed by atoms with Crippen LogP contribution in [0.2, 0.25) is 0 Å². The van der Waals surface area contributed by atoms with E-state index < -0.39 is 100 Å². The van der Waals surface area contributed by atoms with Crippen LogP contribution < -0.4 is 31.3 Å². The Labute approximate surface area is 670 Å². The number of amides is 3. The molecule has 3 amide bonds. The first-order valence-electron chi connectivity index (χ1n) is 35.9. The van der Waals surface area contributed by atoms with Gasteiger partial charge in [-0.1, -0.05) is 106 Å². The van der Waals surface area contributed by atoms with Crippen LogP contribution in [-0.4, -0.2) is 176 Å². The molecule has 9 rings (SSSR count). The number of para-hydroxylation sites is 2. The summed E-state index contributed by atoms with van der Waals surface area (Å²) in [4.78, 5) is 105. The molecule has 3 aliphatic rings. The van der Waals surface area contributed by atoms with Crippen molar-refractivity contribution in [3.8, 4) is 17.6 Å². The minimum atomic E-state index is -5.83. The van der Waals surface area contributed by atoms with E-state index in [1.54, 1.807) is 30.3 Å². The van der Waals surface area contributed by atoms with Crippen LogP contribution in [0.1, 0.15) is 120 Å². The molecule has 1 fully saturated rings. The second-order valence-electron chi connectivity index (χ2n) is 27.6. The number of benzene rings is 4. The van der Waals surface area contributed by atoms with Gasteiger partial charge in [0.05, 0.1) is 58.5 Å². The topological polar surface area (TPSA) is 525 Å². The molecule has 0 radical (unpaired) electrons. The van der Waals surface area contributed by atoms with Crippen molar-refractivity contribution in [1.82, 2.24) is 30.5 Å². The second-order valence-corrected chi connectivity index (χ2v) is 36.5. The fraction of sp³-hybridized carbons (Fsp3) is 0.431. The quantitative estimate of drug-likeness (QED) is 0.00198. The zero-order chi connectivity index (χ0) is 83.4. The molecular formula is C72H89N15O22P3S3+. The fourth-order valence-corrected chi connectivity index (χ4v) is 18.8. The maximum Gasteiger partial charge on any atom is 0.490 e. The monoisotopic (exact) mass is 1700 g/mol. The Morgan fingerprint density at radius 1 is 0.870 bits per heavy atom. The van der Waals surface area contributed by atoms with Crippen LogP contribution in [0.3, 0.4) is 0 Å². The van der Waals surface area contributed by atoms with Gasteiger partial charge in [0.2, 0.25) is 17.5 Å². The van der Waals surface area contributed by atoms with Crippen LogP contribution in [0, 0.1) is 11.8 Å². The van der Waals surface area contributed by atoms with Crippen molar-refractivity contribution in [3.05, 3.63) is 177 Å². The number of nitrogens with zero attached hydrogens (tertiary/aromatic N) is 11. The average molecular weight is 1710 g/mol. The molecule has 2 aromatic heterocycles. The number of carbonyl (C=O) groups is 4. The smallest absolute Gasteiger partial charge is 0.490 e. The van der Waals surface area contributed by atoms with Crippen molar-refractivity contribution in [2.75, 3.05) is 82.3 Å². The third-order valence-corrected chi connectivity index (χ3v) is 26.3. The fourth-order valence-electron chi connectivity index (χ4n) is 12.9. The number of allylic oxidation sites excluding steroid dienone is 4. The van der Waals surface area contributed by atoms with Gasteiger partial charge >= 0.3 is 23.5 Å². The lowest BCUT2D eigenvalue weighted by atomic mass is 9.81. The van der Waals surface area contributed by atoms with E-state index in [1.807, 2.05) is 52.0 Å². The van der Waals surface area contributed by atoms with Crippen LogP contribution in [0.5, 0.6) is 5.75 Å². The molecule has 37 nitrogen and oxygen atoms in total. The minimum absolute atomic E-state index is 0.00139. The minimum Gasteiger partial charge on any atom is -0.491 e. The molecule has 0 spiro atoms. The summed E-state index contributed by atoms with van der Waals surface area (Å²) in [5, 5.41) is 15.6. The van der Waals surface area contributed by atoms with E-state index in [0.717, 1.165) is 53.2 Å². The first kappa shape index (κ1) is 90.1. The van der Waals surface area contributed by atoms with Crippen LogP contribution in [0.25, 0.3) is 31.9 Å². The third-order valence-electron chi connectivity index (χ3n) is 18.4. The Balaban J connectivity index is 0.645. The number of Topliss-reactive ketones (excluding diaryl/α,β-unsaturated/α-hetero) is 1. The largest absolute Gasteiger partial charge is 0.491 e. The summed E-state index contributed by atoms with van der Waals surface area (Å²) in [6.45, 7) is 10.9. The molecule has 4 aromatic carbocycles. The van der Waals surface area contributed by atoms with E-state index in [2.05, 4.69) is 138 Å². The molecule has 43 heteroatoms. The number of phosphoric ester groups is 1. The number of nitrogen functional groups attached to an aromatic ring is 1. The van der Waals surface area contributed by atoms with E-state index in [9.17, 15) is 61.2 Å². The Morgan fingerprint density at radius 2 is 1.63 bits per heavy atom. The van der Waals surface area contributed by atoms with Gasteiger partial charge in [-0.2, -0.15) is 21.6 Å². The highest BCUT2D eigenvalue weighted by molar-refractivity contribution is 8.77. The zero-order valence-corrected chi connectivity index (χ0v) is 68.5. The Bertz CT molecular complexity index is 5080. The van der Waals surface area contributed by atoms with E-state index in [-0.39, 0.29) is 101 Å². The van der Waals surface area contributed by atoms with Crippen molar-refractivity contribution in [3.63, 3.8) is 0 Å². The van der Waals surface area contributed by atoms with E-state index in [4.69, 9.17) is 49.3 Å². The molecule has 616 valence electrons. The van der Waals surface area contributed by atoms with Crippen LogP contribution >= 0.6 is 45.1 Å². The average Bonchev–Trinajstić information content (AvgIpc) is 1.59. The molecule has 0 aliphatic carbocycles. The summed E-state index contributed by atoms with van der Waals surface area (Å²) in [7, 11) is -18.6. The van der Waals surface area contributed by atoms with E-state index in [0.29, 0.717) is 38.1 Å². The lowest BCUT2D eigenvalue weighted by Gasteiger charge is -2.27. The summed E-state index contributed by atoms with van der Waals surface area (Å²) in [5.41, 5.74) is 31.1. The lowest BCUT2D eigenvalue weighted by molar-refractivity contribution is -0.438. The van der Waals surface area contributed by atoms with Gasteiger partial charge in [-0.15, -0.1) is 0 Å². The van der Waals surface area contributed by atoms with E-state index >= 15 is 0 Å². The molecule has 10 N–H and O–H groups in total. The molecule has 0 bridgehead atoms. The van der Waals surface area contributed by atoms with E-state index in [1.165, 1.54) is 50.0 Å². The Hall–Kier alpha value is -8.83. The normalized spacial score (nSPS) is 18.0. The molecule has 6 atom stereocenters. The number of anilines is 3. The number of unbranched alkanes of at least 4 members (excludes halogenated alkanes) is 2. The molecule has 3 aliphatic heterocycles. The van der Waals surface area contributed by atoms with Gasteiger partial charge in [-0.25, -0.2) is 23.7 Å². The number of fused-ring (bicyclic) bond motifs is 3. The Kier molecular flexibility index (Phi) is 31.6. The molecule has 115 heavy (non-hydrogen) atoms. The maximum atomic E-state index is 13.4. The van der Waals surface area contributed by atoms with Gasteiger partial charge in [-0.05, 0) is 118 Å². The molecule has 5 heterocycles. The predicted octanol–water partition coefficient (Wildman–Crippen LogP) is 11.3. The lowest BCUT2D eigenvalue weighted by Crippen LogP contribution is -2.30. The number of rotatable bonds is 43. The third kappa shape index (κ3) is 25.1. The predicted molar refractivity (Wildman–Crippen MR) is 427 cm³/mol. The first-order valence-corrected chi connectivity index (χ1v) is 44.2. The van der Waals surface area contributed by atoms with Crippen molar-refractivity contribution in [2.24, 2.45) is 10.2 Å². The summed E-state index contributed by atoms with van der Waals surface area (Å²) in [5.74, 6) is 5.44. The van der Waals surface area contributed by atoms with Crippen LogP contribution in [-0.2, 0) is 81.1 Å². The highest BCUT2D eigenvalue weighted by atomic mass is 33.1. The second kappa shape index (κ2) is 40.4. The highest BCUT2D eigenvalue weighted by Gasteiger charge is 2.47. The van der Waals surface area contributed by atoms with Crippen molar-refractivity contribution < 1.29 is 107 Å². The van der Waals surface area contributed by atoms with Crippen molar-refractivity contribution in [1.29, 1.82) is 0 Å². The summed E-state index contributed by atoms with van der Waals surface area (Å²) < 4.78 is 114. The molecule has 6 unspecified atom stereocenters. The van der Waals surface area contributed by atoms with Crippen molar-refractivity contribution >= 4 is 118 Å². The van der Waals surface area contributed by atoms with Gasteiger partial charge in [0, 0.05) is 106 Å². The van der Waals surface area contributed by atoms with Gasteiger partial charge in [0.25, 0.3) is 16.0 Å². The molecular weight excluding hydrogens is 1620 g/mol. The SMILES string of the molecule is CC(C)(SSCCNC(=O)CCCCC[N+]1=C(C=CC=C2N(c3ccccc3)c3ccccc3C2(C)C)C(C)(C)c2cc(S(=O)(=O)O)ccc21)C(=O)CCCNC(=O)c1cccc(OCC(N=[N+]=[N-])OCCOCC(=O)NCC#Cc2cn(C3CC(OCN=[N+]=[N-])C(COP(=O)(O)OP(=O)(O)OP(=O)(O)O)O3)c3ncnc(N)c23)c1. The Morgan fingerprint density at radius 3 is 2.38 bits per heavy atom. The number of azide groups is 2. The number of ketones is 1. The van der Waals surface area contributed by atoms with Crippen molar-refractivity contribution in [2.45, 2.75) is 132 Å². The summed E-state index contributed by atoms with van der Waals surface area (Å²) >= 11 is 0. The summed E-state index contributed by atoms with van der Waals surface area (Å²) in [6, 6.07) is 29.6. The number of carbonyl (C=O) groups excluding carboxylic acids is 4. The number of aromatic nitrogens is 3. The van der Waals surface area contributed by atoms with Gasteiger partial charge in [0.1, 0.15) is 68.1 Å². The highest BCUT2D eigenvalue weighted by Crippen LogP contribution is 2.66. The number of phosphoric acid groups is 3.